The van der Waals surface area contributed by atoms with Crippen molar-refractivity contribution in [2.24, 2.45) is 0 Å². The lowest BCUT2D eigenvalue weighted by Gasteiger charge is -2.41. The molecule has 1 fully saturated rings. The smallest absolute Gasteiger partial charge is 0.226 e. The van der Waals surface area contributed by atoms with Crippen molar-refractivity contribution in [2.75, 3.05) is 35.0 Å². The van der Waals surface area contributed by atoms with Gasteiger partial charge in [0.25, 0.3) is 0 Å². The van der Waals surface area contributed by atoms with Crippen LogP contribution in [0.25, 0.3) is 0 Å². The van der Waals surface area contributed by atoms with Gasteiger partial charge < -0.3 is 32.8 Å². The summed E-state index contributed by atoms with van der Waals surface area (Å²) >= 11 is 0. The van der Waals surface area contributed by atoms with Gasteiger partial charge in [0.15, 0.2) is 14.1 Å². The molecule has 0 bridgehead atoms. The zero-order valence-corrected chi connectivity index (χ0v) is 28.2. The van der Waals surface area contributed by atoms with Crippen molar-refractivity contribution in [3.05, 3.63) is 58.1 Å². The Balaban J connectivity index is 1.84. The maximum atomic E-state index is 6.79. The quantitative estimate of drug-likeness (QED) is 0.220. The van der Waals surface area contributed by atoms with E-state index >= 15 is 0 Å². The molecule has 2 aromatic carbocycles. The van der Waals surface area contributed by atoms with E-state index in [0.717, 1.165) is 33.6 Å². The number of hydrogen-bond donors (Lipinski definition) is 0. The second-order valence-corrected chi connectivity index (χ2v) is 18.2. The highest BCUT2D eigenvalue weighted by Gasteiger charge is 2.53. The van der Waals surface area contributed by atoms with Crippen molar-refractivity contribution in [1.29, 1.82) is 0 Å². The lowest BCUT2D eigenvalue weighted by molar-refractivity contribution is -0.186. The second kappa shape index (κ2) is 11.3. The highest BCUT2D eigenvalue weighted by molar-refractivity contribution is 6.74. The molecule has 0 saturated carbocycles. The summed E-state index contributed by atoms with van der Waals surface area (Å²) in [5.74, 6) is -0.412. The van der Waals surface area contributed by atoms with Gasteiger partial charge >= 0.3 is 0 Å². The maximum Gasteiger partial charge on any atom is 0.226 e. The van der Waals surface area contributed by atoms with Crippen LogP contribution in [0.15, 0.2) is 30.3 Å². The third kappa shape index (κ3) is 5.59. The van der Waals surface area contributed by atoms with E-state index < -0.39 is 25.5 Å². The minimum atomic E-state index is -1.95. The highest BCUT2D eigenvalue weighted by Crippen LogP contribution is 2.52. The molecule has 1 aliphatic heterocycles. The summed E-state index contributed by atoms with van der Waals surface area (Å²) in [4.78, 5) is 0. The SMILES string of the molecule is COc1cc(C[C@@]2(CCO[Si](C)(C)C(C)(C)C)OC(C)(C)O[C@H]2C)c(OC)c2c1Cc1ccccc1C2(OC)OC. The molecule has 0 radical (unpaired) electrons. The number of benzene rings is 2. The van der Waals surface area contributed by atoms with E-state index in [0.29, 0.717) is 31.6 Å². The summed E-state index contributed by atoms with van der Waals surface area (Å²) < 4.78 is 44.5. The Morgan fingerprint density at radius 3 is 2.20 bits per heavy atom. The van der Waals surface area contributed by atoms with E-state index in [-0.39, 0.29) is 11.1 Å². The summed E-state index contributed by atoms with van der Waals surface area (Å²) in [7, 11) is 4.81. The van der Waals surface area contributed by atoms with Crippen molar-refractivity contribution < 1.29 is 32.8 Å². The topological polar surface area (TPSA) is 64.6 Å². The normalized spacial score (nSPS) is 23.2. The van der Waals surface area contributed by atoms with Crippen LogP contribution in [0.5, 0.6) is 11.5 Å². The van der Waals surface area contributed by atoms with Crippen molar-refractivity contribution >= 4 is 8.32 Å². The number of methoxy groups -OCH3 is 4. The molecule has 0 N–H and O–H groups in total. The Morgan fingerprint density at radius 2 is 1.66 bits per heavy atom. The Bertz CT molecular complexity index is 1240. The van der Waals surface area contributed by atoms with Crippen LogP contribution in [0, 0.1) is 0 Å². The maximum absolute atomic E-state index is 6.79. The zero-order valence-electron chi connectivity index (χ0n) is 27.2. The zero-order chi connectivity index (χ0) is 30.4. The largest absolute Gasteiger partial charge is 0.496 e. The lowest BCUT2D eigenvalue weighted by atomic mass is 9.77. The molecule has 8 heteroatoms. The molecule has 0 unspecified atom stereocenters. The van der Waals surface area contributed by atoms with Crippen LogP contribution in [0.1, 0.15) is 75.8 Å². The monoisotopic (exact) mass is 586 g/mol. The third-order valence-electron chi connectivity index (χ3n) is 9.43. The number of fused-ring (bicyclic) bond motifs is 2. The molecule has 0 amide bonds. The molecular weight excluding hydrogens is 536 g/mol. The summed E-state index contributed by atoms with van der Waals surface area (Å²) in [5.41, 5.74) is 4.20. The lowest BCUT2D eigenvalue weighted by Crippen LogP contribution is -2.46. The molecule has 1 aliphatic carbocycles. The van der Waals surface area contributed by atoms with Crippen molar-refractivity contribution in [3.63, 3.8) is 0 Å². The molecule has 4 rings (SSSR count). The average molecular weight is 587 g/mol. The number of hydrogen-bond acceptors (Lipinski definition) is 7. The van der Waals surface area contributed by atoms with E-state index in [1.807, 2.05) is 26.0 Å². The highest BCUT2D eigenvalue weighted by atomic mass is 28.4. The molecule has 1 saturated heterocycles. The first-order chi connectivity index (χ1) is 19.1. The van der Waals surface area contributed by atoms with E-state index in [4.69, 9.17) is 32.8 Å². The number of rotatable bonds is 10. The van der Waals surface area contributed by atoms with Gasteiger partial charge in [-0.05, 0) is 50.5 Å². The summed E-state index contributed by atoms with van der Waals surface area (Å²) in [6.45, 7) is 18.0. The fraction of sp³-hybridized carbons (Fsp3) is 0.636. The predicted molar refractivity (Wildman–Crippen MR) is 164 cm³/mol. The molecule has 2 atom stereocenters. The van der Waals surface area contributed by atoms with Gasteiger partial charge in [0.05, 0.1) is 25.9 Å². The Morgan fingerprint density at radius 1 is 1.00 bits per heavy atom. The molecule has 2 aromatic rings. The van der Waals surface area contributed by atoms with Crippen molar-refractivity contribution in [2.45, 2.75) is 102 Å². The molecule has 228 valence electrons. The Kier molecular flexibility index (Phi) is 8.80. The molecule has 41 heavy (non-hydrogen) atoms. The van der Waals surface area contributed by atoms with Gasteiger partial charge in [-0.3, -0.25) is 0 Å². The molecule has 1 heterocycles. The first-order valence-corrected chi connectivity index (χ1v) is 17.5. The third-order valence-corrected chi connectivity index (χ3v) is 14.0. The van der Waals surface area contributed by atoms with Gasteiger partial charge in [0.2, 0.25) is 5.79 Å². The molecule has 7 nitrogen and oxygen atoms in total. The van der Waals surface area contributed by atoms with Gasteiger partial charge in [-0.2, -0.15) is 0 Å². The van der Waals surface area contributed by atoms with Crippen LogP contribution in [0.2, 0.25) is 18.1 Å². The van der Waals surface area contributed by atoms with Gasteiger partial charge in [-0.25, -0.2) is 0 Å². The van der Waals surface area contributed by atoms with E-state index in [2.05, 4.69) is 59.0 Å². The van der Waals surface area contributed by atoms with E-state index in [1.54, 1.807) is 28.4 Å². The van der Waals surface area contributed by atoms with Crippen molar-refractivity contribution in [3.8, 4) is 11.5 Å². The summed E-state index contributed by atoms with van der Waals surface area (Å²) in [6.07, 6.45) is 1.71. The Hall–Kier alpha value is -1.94. The first kappa shape index (κ1) is 32.0. The van der Waals surface area contributed by atoms with Crippen LogP contribution in [-0.2, 0) is 42.0 Å². The predicted octanol–water partition coefficient (Wildman–Crippen LogP) is 6.97. The minimum absolute atomic E-state index is 0.118. The van der Waals surface area contributed by atoms with E-state index in [1.165, 1.54) is 0 Å². The molecule has 2 aliphatic rings. The van der Waals surface area contributed by atoms with Crippen LogP contribution in [0.3, 0.4) is 0 Å². The van der Waals surface area contributed by atoms with Gasteiger partial charge in [-0.15, -0.1) is 0 Å². The van der Waals surface area contributed by atoms with Gasteiger partial charge in [0, 0.05) is 56.8 Å². The summed E-state index contributed by atoms with van der Waals surface area (Å²) in [5, 5.41) is 0.118. The minimum Gasteiger partial charge on any atom is -0.496 e. The van der Waals surface area contributed by atoms with Gasteiger partial charge in [-0.1, -0.05) is 45.0 Å². The number of ether oxygens (including phenoxy) is 6. The molecule has 0 aromatic heterocycles. The van der Waals surface area contributed by atoms with E-state index in [9.17, 15) is 0 Å². The fourth-order valence-electron chi connectivity index (χ4n) is 6.30. The summed E-state index contributed by atoms with van der Waals surface area (Å²) in [6, 6.07) is 10.3. The Labute approximate surface area is 247 Å². The molecule has 0 spiro atoms. The van der Waals surface area contributed by atoms with Crippen LogP contribution in [-0.4, -0.2) is 60.9 Å². The van der Waals surface area contributed by atoms with Crippen LogP contribution < -0.4 is 9.47 Å². The van der Waals surface area contributed by atoms with Crippen LogP contribution >= 0.6 is 0 Å². The fourth-order valence-corrected chi connectivity index (χ4v) is 7.35. The van der Waals surface area contributed by atoms with Gasteiger partial charge in [0.1, 0.15) is 17.1 Å². The van der Waals surface area contributed by atoms with Crippen molar-refractivity contribution in [1.82, 2.24) is 0 Å². The first-order valence-electron chi connectivity index (χ1n) is 14.6. The standard InChI is InChI=1S/C33H50O7Si/c1-22-32(40-31(5,6)39-22,17-18-38-41(11,12)30(2,3)4)21-24-20-27(34-7)25-19-23-15-13-14-16-26(23)33(36-9,37-10)28(25)29(24)35-8/h13-16,20,22H,17-19,21H2,1-12H3/t22-,32+/m0/s1. The molecular formula is C33H50O7Si. The average Bonchev–Trinajstić information content (AvgIpc) is 3.13. The van der Waals surface area contributed by atoms with Crippen LogP contribution in [0.4, 0.5) is 0 Å². The second-order valence-electron chi connectivity index (χ2n) is 13.3.